The van der Waals surface area contributed by atoms with Gasteiger partial charge in [-0.15, -0.1) is 0 Å². The van der Waals surface area contributed by atoms with Crippen molar-refractivity contribution in [3.05, 3.63) is 48.6 Å². The van der Waals surface area contributed by atoms with E-state index in [0.29, 0.717) is 0 Å². The molecule has 0 bridgehead atoms. The fraction of sp³-hybridized carbons (Fsp3) is 0.400. The number of rotatable bonds is 10. The highest BCUT2D eigenvalue weighted by Crippen LogP contribution is 2.12. The average Bonchev–Trinajstić information content (AvgIpc) is 2.46. The maximum Gasteiger partial charge on any atom is 0.211 e. The molecule has 1 aromatic carbocycles. The molecular formula is C15H20OS3. The first-order valence-electron chi connectivity index (χ1n) is 6.31. The van der Waals surface area contributed by atoms with E-state index in [-0.39, 0.29) is 5.12 Å². The van der Waals surface area contributed by atoms with E-state index in [1.807, 2.05) is 23.5 Å². The van der Waals surface area contributed by atoms with Crippen molar-refractivity contribution in [3.63, 3.8) is 0 Å². The van der Waals surface area contributed by atoms with Gasteiger partial charge in [0, 0.05) is 23.0 Å². The molecule has 0 aliphatic rings. The number of thioether (sulfide) groups is 3. The van der Waals surface area contributed by atoms with E-state index in [2.05, 4.69) is 36.9 Å². The molecule has 0 saturated carbocycles. The normalized spacial score (nSPS) is 10.3. The number of hydrogen-bond donors (Lipinski definition) is 0. The summed E-state index contributed by atoms with van der Waals surface area (Å²) in [6.07, 6.45) is 2.54. The van der Waals surface area contributed by atoms with Gasteiger partial charge in [-0.25, -0.2) is 0 Å². The van der Waals surface area contributed by atoms with Crippen molar-refractivity contribution in [1.29, 1.82) is 0 Å². The lowest BCUT2D eigenvalue weighted by atomic mass is 10.2. The predicted molar refractivity (Wildman–Crippen MR) is 92.5 cm³/mol. The third-order valence-electron chi connectivity index (χ3n) is 2.39. The minimum Gasteiger partial charge on any atom is -0.282 e. The number of hydrogen-bond acceptors (Lipinski definition) is 4. The van der Waals surface area contributed by atoms with E-state index in [1.54, 1.807) is 0 Å². The number of carbonyl (C=O) groups excluding carboxylic acids is 1. The van der Waals surface area contributed by atoms with Gasteiger partial charge in [-0.05, 0) is 23.8 Å². The van der Waals surface area contributed by atoms with Crippen molar-refractivity contribution in [3.8, 4) is 0 Å². The monoisotopic (exact) mass is 312 g/mol. The number of aryl methyl sites for hydroxylation is 1. The minimum absolute atomic E-state index is 0.0813. The van der Waals surface area contributed by atoms with E-state index < -0.39 is 0 Å². The Hall–Kier alpha value is -0.320. The zero-order chi connectivity index (χ0) is 13.8. The fourth-order valence-electron chi connectivity index (χ4n) is 1.42. The quantitative estimate of drug-likeness (QED) is 0.477. The maximum atomic E-state index is 11.0. The van der Waals surface area contributed by atoms with Crippen LogP contribution in [0.3, 0.4) is 0 Å². The summed E-state index contributed by atoms with van der Waals surface area (Å²) >= 11 is 5.29. The van der Waals surface area contributed by atoms with Gasteiger partial charge >= 0.3 is 0 Å². The van der Waals surface area contributed by atoms with Gasteiger partial charge in [0.15, 0.2) is 0 Å². The number of benzene rings is 1. The molecule has 0 aliphatic heterocycles. The molecule has 0 N–H and O–H groups in total. The van der Waals surface area contributed by atoms with Crippen LogP contribution in [0.15, 0.2) is 43.0 Å². The molecule has 0 spiro atoms. The highest BCUT2D eigenvalue weighted by molar-refractivity contribution is 8.14. The van der Waals surface area contributed by atoms with Gasteiger partial charge in [-0.1, -0.05) is 48.7 Å². The van der Waals surface area contributed by atoms with Crippen LogP contribution in [0.1, 0.15) is 5.56 Å². The molecule has 0 heterocycles. The van der Waals surface area contributed by atoms with Crippen LogP contribution in [-0.4, -0.2) is 33.9 Å². The Morgan fingerprint density at radius 2 is 1.63 bits per heavy atom. The van der Waals surface area contributed by atoms with Gasteiger partial charge in [0.05, 0.1) is 0 Å². The van der Waals surface area contributed by atoms with Gasteiger partial charge in [0.2, 0.25) is 5.12 Å². The largest absolute Gasteiger partial charge is 0.282 e. The summed E-state index contributed by atoms with van der Waals surface area (Å²) in [4.78, 5) is 11.0. The van der Waals surface area contributed by atoms with Crippen LogP contribution in [0.4, 0.5) is 0 Å². The zero-order valence-corrected chi connectivity index (χ0v) is 13.5. The van der Waals surface area contributed by atoms with Crippen LogP contribution < -0.4 is 0 Å². The smallest absolute Gasteiger partial charge is 0.211 e. The summed E-state index contributed by atoms with van der Waals surface area (Å²) in [5.41, 5.74) is 1.42. The van der Waals surface area contributed by atoms with E-state index in [4.69, 9.17) is 0 Å². The van der Waals surface area contributed by atoms with Crippen LogP contribution in [0.2, 0.25) is 0 Å². The lowest BCUT2D eigenvalue weighted by Crippen LogP contribution is -1.94. The second kappa shape index (κ2) is 11.5. The first-order chi connectivity index (χ1) is 9.33. The van der Waals surface area contributed by atoms with E-state index in [9.17, 15) is 4.79 Å². The molecule has 0 unspecified atom stereocenters. The molecule has 4 heteroatoms. The Labute approximate surface area is 129 Å². The van der Waals surface area contributed by atoms with Gasteiger partial charge < -0.3 is 0 Å². The third kappa shape index (κ3) is 9.25. The minimum atomic E-state index is 0.0813. The van der Waals surface area contributed by atoms with Gasteiger partial charge in [-0.2, -0.15) is 23.5 Å². The Morgan fingerprint density at radius 1 is 1.00 bits per heavy atom. The predicted octanol–water partition coefficient (Wildman–Crippen LogP) is 4.14. The Balaban J connectivity index is 1.86. The maximum absolute atomic E-state index is 11.0. The lowest BCUT2D eigenvalue weighted by Gasteiger charge is -2.02. The van der Waals surface area contributed by atoms with Crippen molar-refractivity contribution in [2.24, 2.45) is 0 Å². The highest BCUT2D eigenvalue weighted by Gasteiger charge is 1.97. The Morgan fingerprint density at radius 3 is 2.32 bits per heavy atom. The summed E-state index contributed by atoms with van der Waals surface area (Å²) in [7, 11) is 0. The van der Waals surface area contributed by atoms with E-state index >= 15 is 0 Å². The molecule has 104 valence electrons. The van der Waals surface area contributed by atoms with Crippen molar-refractivity contribution < 1.29 is 4.79 Å². The third-order valence-corrected chi connectivity index (χ3v) is 5.74. The van der Waals surface area contributed by atoms with Gasteiger partial charge in [0.25, 0.3) is 0 Å². The van der Waals surface area contributed by atoms with Crippen LogP contribution in [0, 0.1) is 0 Å². The van der Waals surface area contributed by atoms with Crippen LogP contribution in [0.5, 0.6) is 0 Å². The SMILES string of the molecule is C=CC(=O)SCCSCCSCCc1ccccc1. The van der Waals surface area contributed by atoms with Crippen molar-refractivity contribution >= 4 is 40.4 Å². The molecule has 0 aromatic heterocycles. The van der Waals surface area contributed by atoms with Crippen LogP contribution >= 0.6 is 35.3 Å². The summed E-state index contributed by atoms with van der Waals surface area (Å²) in [5.74, 6) is 5.49. The molecule has 0 amide bonds. The van der Waals surface area contributed by atoms with E-state index in [0.717, 1.165) is 17.9 Å². The highest BCUT2D eigenvalue weighted by atomic mass is 32.2. The molecule has 1 rings (SSSR count). The van der Waals surface area contributed by atoms with Crippen LogP contribution in [0.25, 0.3) is 0 Å². The summed E-state index contributed by atoms with van der Waals surface area (Å²) < 4.78 is 0. The molecule has 1 nitrogen and oxygen atoms in total. The standard InChI is InChI=1S/C15H20OS3/c1-2-15(16)19-13-12-18-11-10-17-9-8-14-6-4-3-5-7-14/h2-7H,1,8-13H2. The van der Waals surface area contributed by atoms with Crippen molar-refractivity contribution in [2.45, 2.75) is 6.42 Å². The Kier molecular flexibility index (Phi) is 10.1. The van der Waals surface area contributed by atoms with Crippen LogP contribution in [-0.2, 0) is 11.2 Å². The molecule has 0 aliphatic carbocycles. The zero-order valence-electron chi connectivity index (χ0n) is 11.0. The summed E-state index contributed by atoms with van der Waals surface area (Å²) in [6.45, 7) is 3.45. The Bertz CT molecular complexity index is 365. The first kappa shape index (κ1) is 16.7. The average molecular weight is 313 g/mol. The van der Waals surface area contributed by atoms with Crippen molar-refractivity contribution in [1.82, 2.24) is 0 Å². The topological polar surface area (TPSA) is 17.1 Å². The molecule has 0 radical (unpaired) electrons. The summed E-state index contributed by atoms with van der Waals surface area (Å²) in [5, 5.41) is 0.0813. The second-order valence-corrected chi connectivity index (χ2v) is 7.38. The summed E-state index contributed by atoms with van der Waals surface area (Å²) in [6, 6.07) is 10.6. The lowest BCUT2D eigenvalue weighted by molar-refractivity contribution is -0.107. The molecule has 1 aromatic rings. The second-order valence-electron chi connectivity index (χ2n) is 3.83. The molecular weight excluding hydrogens is 292 g/mol. The van der Waals surface area contributed by atoms with Gasteiger partial charge in [0.1, 0.15) is 0 Å². The molecule has 0 saturated heterocycles. The molecule has 0 fully saturated rings. The first-order valence-corrected chi connectivity index (χ1v) is 9.61. The number of carbonyl (C=O) groups is 1. The molecule has 19 heavy (non-hydrogen) atoms. The van der Waals surface area contributed by atoms with Gasteiger partial charge in [-0.3, -0.25) is 4.79 Å². The fourth-order valence-corrected chi connectivity index (χ4v) is 4.27. The van der Waals surface area contributed by atoms with E-state index in [1.165, 1.54) is 40.7 Å². The van der Waals surface area contributed by atoms with Crippen molar-refractivity contribution in [2.75, 3.05) is 28.8 Å². The molecule has 0 atom stereocenters.